The molecule has 0 radical (unpaired) electrons. The molecule has 2 fully saturated rings. The summed E-state index contributed by atoms with van der Waals surface area (Å²) in [6, 6.07) is 7.99. The monoisotopic (exact) mass is 383 g/mol. The number of carbonyl (C=O) groups is 1. The van der Waals surface area contributed by atoms with Gasteiger partial charge in [-0.1, -0.05) is 12.1 Å². The highest BCUT2D eigenvalue weighted by molar-refractivity contribution is 5.78. The second-order valence-corrected chi connectivity index (χ2v) is 7.86. The van der Waals surface area contributed by atoms with E-state index in [0.29, 0.717) is 19.5 Å². The van der Waals surface area contributed by atoms with Gasteiger partial charge in [0.15, 0.2) is 5.89 Å². The SMILES string of the molecule is COc1cccc(Cc2cnc([C@@H]3CCCN(C(=O)CN4CCCC4)C3)o2)c1. The third-order valence-corrected chi connectivity index (χ3v) is 5.76. The molecule has 0 spiro atoms. The van der Waals surface area contributed by atoms with E-state index in [-0.39, 0.29) is 11.8 Å². The minimum Gasteiger partial charge on any atom is -0.497 e. The molecule has 3 heterocycles. The topological polar surface area (TPSA) is 58.8 Å². The maximum atomic E-state index is 12.7. The van der Waals surface area contributed by atoms with Crippen LogP contribution in [0, 0.1) is 0 Å². The molecule has 0 N–H and O–H groups in total. The summed E-state index contributed by atoms with van der Waals surface area (Å²) in [6.45, 7) is 4.22. The molecule has 0 saturated carbocycles. The number of methoxy groups -OCH3 is 1. The average Bonchev–Trinajstić information content (AvgIpc) is 3.40. The zero-order chi connectivity index (χ0) is 19.3. The Morgan fingerprint density at radius 2 is 2.11 bits per heavy atom. The first-order chi connectivity index (χ1) is 13.7. The lowest BCUT2D eigenvalue weighted by Gasteiger charge is -2.32. The van der Waals surface area contributed by atoms with Gasteiger partial charge in [-0.3, -0.25) is 9.69 Å². The van der Waals surface area contributed by atoms with Gasteiger partial charge in [0.05, 0.1) is 25.8 Å². The number of hydrogen-bond acceptors (Lipinski definition) is 5. The highest BCUT2D eigenvalue weighted by Crippen LogP contribution is 2.28. The van der Waals surface area contributed by atoms with Crippen LogP contribution < -0.4 is 4.74 Å². The molecule has 6 heteroatoms. The Morgan fingerprint density at radius 1 is 1.25 bits per heavy atom. The number of ether oxygens (including phenoxy) is 1. The first-order valence-corrected chi connectivity index (χ1v) is 10.3. The quantitative estimate of drug-likeness (QED) is 0.767. The number of aromatic nitrogens is 1. The fourth-order valence-electron chi connectivity index (χ4n) is 4.21. The summed E-state index contributed by atoms with van der Waals surface area (Å²) in [7, 11) is 1.67. The number of nitrogens with zero attached hydrogens (tertiary/aromatic N) is 3. The van der Waals surface area contributed by atoms with E-state index in [2.05, 4.69) is 16.0 Å². The molecular formula is C22H29N3O3. The molecule has 0 unspecified atom stereocenters. The van der Waals surface area contributed by atoms with Crippen LogP contribution in [-0.4, -0.2) is 60.5 Å². The molecule has 150 valence electrons. The maximum Gasteiger partial charge on any atom is 0.236 e. The van der Waals surface area contributed by atoms with Gasteiger partial charge in [-0.25, -0.2) is 4.98 Å². The number of carbonyl (C=O) groups excluding carboxylic acids is 1. The standard InChI is InChI=1S/C22H29N3O3/c1-27-19-8-4-6-17(12-19)13-20-14-23-22(28-20)18-7-5-11-25(15-18)21(26)16-24-9-2-3-10-24/h4,6,8,12,14,18H,2-3,5,7,9-11,13,15-16H2,1H3/t18-/m1/s1. The van der Waals surface area contributed by atoms with E-state index in [1.54, 1.807) is 7.11 Å². The summed E-state index contributed by atoms with van der Waals surface area (Å²) in [4.78, 5) is 21.5. The van der Waals surface area contributed by atoms with Crippen LogP contribution in [0.2, 0.25) is 0 Å². The summed E-state index contributed by atoms with van der Waals surface area (Å²) in [5.41, 5.74) is 1.13. The van der Waals surface area contributed by atoms with E-state index < -0.39 is 0 Å². The molecule has 2 aliphatic rings. The van der Waals surface area contributed by atoms with Crippen LogP contribution in [0.25, 0.3) is 0 Å². The fraction of sp³-hybridized carbons (Fsp3) is 0.545. The van der Waals surface area contributed by atoms with Gasteiger partial charge >= 0.3 is 0 Å². The molecule has 0 bridgehead atoms. The minimum absolute atomic E-state index is 0.190. The Hall–Kier alpha value is -2.34. The summed E-state index contributed by atoms with van der Waals surface area (Å²) >= 11 is 0. The van der Waals surface area contributed by atoms with E-state index in [0.717, 1.165) is 55.4 Å². The summed E-state index contributed by atoms with van der Waals surface area (Å²) in [5, 5.41) is 0. The molecule has 2 aromatic rings. The van der Waals surface area contributed by atoms with Gasteiger partial charge in [0.1, 0.15) is 11.5 Å². The van der Waals surface area contributed by atoms with Gasteiger partial charge in [0.25, 0.3) is 0 Å². The van der Waals surface area contributed by atoms with Crippen molar-refractivity contribution in [2.45, 2.75) is 38.0 Å². The first-order valence-electron chi connectivity index (χ1n) is 10.3. The molecule has 1 aromatic carbocycles. The Labute approximate surface area is 166 Å². The third-order valence-electron chi connectivity index (χ3n) is 5.76. The van der Waals surface area contributed by atoms with Gasteiger partial charge < -0.3 is 14.1 Å². The number of oxazole rings is 1. The number of rotatable bonds is 6. The largest absolute Gasteiger partial charge is 0.497 e. The van der Waals surface area contributed by atoms with Crippen molar-refractivity contribution in [3.8, 4) is 5.75 Å². The van der Waals surface area contributed by atoms with Crippen LogP contribution in [0.5, 0.6) is 5.75 Å². The minimum atomic E-state index is 0.190. The molecule has 1 atom stereocenters. The number of piperidine rings is 1. The van der Waals surface area contributed by atoms with E-state index in [1.807, 2.05) is 29.3 Å². The predicted molar refractivity (Wildman–Crippen MR) is 107 cm³/mol. The van der Waals surface area contributed by atoms with Crippen LogP contribution in [0.1, 0.15) is 48.8 Å². The zero-order valence-corrected chi connectivity index (χ0v) is 16.6. The molecule has 0 aliphatic carbocycles. The molecule has 2 saturated heterocycles. The van der Waals surface area contributed by atoms with Gasteiger partial charge in [-0.05, 0) is 56.5 Å². The Bertz CT molecular complexity index is 798. The normalized spacial score (nSPS) is 20.5. The van der Waals surface area contributed by atoms with E-state index in [1.165, 1.54) is 12.8 Å². The van der Waals surface area contributed by atoms with Crippen LogP contribution in [-0.2, 0) is 11.2 Å². The van der Waals surface area contributed by atoms with Crippen molar-refractivity contribution in [2.75, 3.05) is 39.8 Å². The van der Waals surface area contributed by atoms with Crippen molar-refractivity contribution < 1.29 is 13.9 Å². The second kappa shape index (κ2) is 8.78. The summed E-state index contributed by atoms with van der Waals surface area (Å²) < 4.78 is 11.3. The molecule has 6 nitrogen and oxygen atoms in total. The van der Waals surface area contributed by atoms with E-state index in [4.69, 9.17) is 9.15 Å². The fourth-order valence-corrected chi connectivity index (χ4v) is 4.21. The van der Waals surface area contributed by atoms with Gasteiger partial charge in [0.2, 0.25) is 5.91 Å². The lowest BCUT2D eigenvalue weighted by Crippen LogP contribution is -2.44. The van der Waals surface area contributed by atoms with Crippen molar-refractivity contribution in [3.63, 3.8) is 0 Å². The maximum absolute atomic E-state index is 12.7. The zero-order valence-electron chi connectivity index (χ0n) is 16.6. The van der Waals surface area contributed by atoms with Crippen molar-refractivity contribution in [3.05, 3.63) is 47.7 Å². The number of benzene rings is 1. The van der Waals surface area contributed by atoms with Crippen LogP contribution in [0.3, 0.4) is 0 Å². The average molecular weight is 383 g/mol. The molecule has 1 amide bonds. The Morgan fingerprint density at radius 3 is 2.93 bits per heavy atom. The molecule has 4 rings (SSSR count). The van der Waals surface area contributed by atoms with Crippen molar-refractivity contribution in [1.82, 2.24) is 14.8 Å². The smallest absolute Gasteiger partial charge is 0.236 e. The number of hydrogen-bond donors (Lipinski definition) is 0. The third kappa shape index (κ3) is 4.55. The van der Waals surface area contributed by atoms with Crippen LogP contribution >= 0.6 is 0 Å². The van der Waals surface area contributed by atoms with E-state index in [9.17, 15) is 4.79 Å². The highest BCUT2D eigenvalue weighted by Gasteiger charge is 2.29. The highest BCUT2D eigenvalue weighted by atomic mass is 16.5. The van der Waals surface area contributed by atoms with Crippen LogP contribution in [0.4, 0.5) is 0 Å². The Kier molecular flexibility index (Phi) is 5.95. The molecule has 28 heavy (non-hydrogen) atoms. The molecule has 1 aromatic heterocycles. The molecular weight excluding hydrogens is 354 g/mol. The lowest BCUT2D eigenvalue weighted by atomic mass is 9.98. The Balaban J connectivity index is 1.36. The van der Waals surface area contributed by atoms with Gasteiger partial charge in [0, 0.05) is 19.5 Å². The summed E-state index contributed by atoms with van der Waals surface area (Å²) in [5.74, 6) is 2.89. The molecule has 2 aliphatic heterocycles. The summed E-state index contributed by atoms with van der Waals surface area (Å²) in [6.07, 6.45) is 6.95. The first kappa shape index (κ1) is 19.0. The van der Waals surface area contributed by atoms with Crippen molar-refractivity contribution >= 4 is 5.91 Å². The lowest BCUT2D eigenvalue weighted by molar-refractivity contribution is -0.133. The predicted octanol–water partition coefficient (Wildman–Crippen LogP) is 3.08. The van der Waals surface area contributed by atoms with Gasteiger partial charge in [-0.15, -0.1) is 0 Å². The van der Waals surface area contributed by atoms with Crippen LogP contribution in [0.15, 0.2) is 34.9 Å². The van der Waals surface area contributed by atoms with Crippen molar-refractivity contribution in [1.29, 1.82) is 0 Å². The van der Waals surface area contributed by atoms with E-state index >= 15 is 0 Å². The number of amides is 1. The van der Waals surface area contributed by atoms with Gasteiger partial charge in [-0.2, -0.15) is 0 Å². The number of likely N-dealkylation sites (tertiary alicyclic amines) is 2. The van der Waals surface area contributed by atoms with Crippen molar-refractivity contribution in [2.24, 2.45) is 0 Å². The second-order valence-electron chi connectivity index (χ2n) is 7.86.